The molecule has 7 nitrogen and oxygen atoms in total. The Morgan fingerprint density at radius 1 is 1.22 bits per heavy atom. The summed E-state index contributed by atoms with van der Waals surface area (Å²) < 4.78 is 36.7. The average molecular weight is 340 g/mol. The van der Waals surface area contributed by atoms with Gasteiger partial charge in [-0.1, -0.05) is 12.1 Å². The van der Waals surface area contributed by atoms with Crippen LogP contribution >= 0.6 is 0 Å². The number of hydrogen-bond donors (Lipinski definition) is 1. The standard InChI is InChI=1S/C15H20N2O5S/c18-15(14-11-21-12-5-1-2-6-13(12)22-14)16-7-10-23(19,20)17-8-3-4-9-17/h1-2,5-6,14H,3-4,7-11H2,(H,16,18). The number of ether oxygens (including phenoxy) is 2. The van der Waals surface area contributed by atoms with E-state index in [1.54, 1.807) is 18.2 Å². The highest BCUT2D eigenvalue weighted by atomic mass is 32.2. The largest absolute Gasteiger partial charge is 0.485 e. The molecule has 1 saturated heterocycles. The van der Waals surface area contributed by atoms with Crippen LogP contribution in [-0.4, -0.2) is 56.7 Å². The molecular formula is C15H20N2O5S. The first kappa shape index (κ1) is 16.1. The third-order valence-corrected chi connectivity index (χ3v) is 5.79. The Balaban J connectivity index is 1.49. The number of sulfonamides is 1. The summed E-state index contributed by atoms with van der Waals surface area (Å²) in [5.41, 5.74) is 0. The van der Waals surface area contributed by atoms with E-state index in [0.29, 0.717) is 24.6 Å². The summed E-state index contributed by atoms with van der Waals surface area (Å²) in [6, 6.07) is 7.12. The zero-order chi connectivity index (χ0) is 16.3. The molecular weight excluding hydrogens is 320 g/mol. The molecule has 126 valence electrons. The van der Waals surface area contributed by atoms with Crippen LogP contribution in [0.5, 0.6) is 11.5 Å². The molecule has 0 spiro atoms. The SMILES string of the molecule is O=C(NCCS(=O)(=O)N1CCCC1)C1COc2ccccc2O1. The molecule has 1 atom stereocenters. The van der Waals surface area contributed by atoms with Crippen LogP contribution in [0.25, 0.3) is 0 Å². The van der Waals surface area contributed by atoms with E-state index in [1.807, 2.05) is 6.07 Å². The number of fused-ring (bicyclic) bond motifs is 1. The van der Waals surface area contributed by atoms with Gasteiger partial charge in [-0.15, -0.1) is 0 Å². The van der Waals surface area contributed by atoms with Gasteiger partial charge < -0.3 is 14.8 Å². The summed E-state index contributed by atoms with van der Waals surface area (Å²) in [7, 11) is -3.29. The highest BCUT2D eigenvalue weighted by molar-refractivity contribution is 7.89. The van der Waals surface area contributed by atoms with Crippen LogP contribution in [0.4, 0.5) is 0 Å². The van der Waals surface area contributed by atoms with Crippen molar-refractivity contribution in [2.24, 2.45) is 0 Å². The lowest BCUT2D eigenvalue weighted by Crippen LogP contribution is -2.45. The Morgan fingerprint density at radius 3 is 2.65 bits per heavy atom. The predicted octanol–water partition coefficient (Wildman–Crippen LogP) is 0.368. The van der Waals surface area contributed by atoms with Gasteiger partial charge in [-0.2, -0.15) is 0 Å². The molecule has 1 aromatic carbocycles. The van der Waals surface area contributed by atoms with E-state index in [-0.39, 0.29) is 24.8 Å². The molecule has 0 saturated carbocycles. The van der Waals surface area contributed by atoms with Gasteiger partial charge in [-0.25, -0.2) is 12.7 Å². The summed E-state index contributed by atoms with van der Waals surface area (Å²) >= 11 is 0. The molecule has 2 heterocycles. The Kier molecular flexibility index (Phi) is 4.72. The van der Waals surface area contributed by atoms with E-state index in [1.165, 1.54) is 4.31 Å². The van der Waals surface area contributed by atoms with Crippen molar-refractivity contribution >= 4 is 15.9 Å². The highest BCUT2D eigenvalue weighted by Crippen LogP contribution is 2.30. The van der Waals surface area contributed by atoms with E-state index in [2.05, 4.69) is 5.32 Å². The van der Waals surface area contributed by atoms with Gasteiger partial charge in [0.15, 0.2) is 11.5 Å². The third kappa shape index (κ3) is 3.76. The molecule has 1 unspecified atom stereocenters. The fourth-order valence-electron chi connectivity index (χ4n) is 2.66. The molecule has 2 aliphatic heterocycles. The molecule has 0 bridgehead atoms. The van der Waals surface area contributed by atoms with Crippen LogP contribution in [-0.2, 0) is 14.8 Å². The van der Waals surface area contributed by atoms with Crippen LogP contribution in [0.15, 0.2) is 24.3 Å². The van der Waals surface area contributed by atoms with Crippen molar-refractivity contribution in [2.75, 3.05) is 32.0 Å². The van der Waals surface area contributed by atoms with Crippen LogP contribution in [0.2, 0.25) is 0 Å². The molecule has 0 aliphatic carbocycles. The second-order valence-corrected chi connectivity index (χ2v) is 7.67. The quantitative estimate of drug-likeness (QED) is 0.837. The number of carbonyl (C=O) groups is 1. The van der Waals surface area contributed by atoms with Gasteiger partial charge in [0, 0.05) is 19.6 Å². The Bertz CT molecular complexity index is 670. The summed E-state index contributed by atoms with van der Waals surface area (Å²) in [5, 5.41) is 2.61. The first-order valence-corrected chi connectivity index (χ1v) is 9.31. The highest BCUT2D eigenvalue weighted by Gasteiger charge is 2.28. The van der Waals surface area contributed by atoms with Crippen LogP contribution in [0.3, 0.4) is 0 Å². The first-order valence-electron chi connectivity index (χ1n) is 7.70. The number of nitrogens with one attached hydrogen (secondary N) is 1. The molecule has 2 aliphatic rings. The average Bonchev–Trinajstić information content (AvgIpc) is 3.09. The number of benzene rings is 1. The van der Waals surface area contributed by atoms with E-state index in [0.717, 1.165) is 12.8 Å². The van der Waals surface area contributed by atoms with Gasteiger partial charge in [0.25, 0.3) is 5.91 Å². The predicted molar refractivity (Wildman–Crippen MR) is 84.0 cm³/mol. The Morgan fingerprint density at radius 2 is 1.91 bits per heavy atom. The lowest BCUT2D eigenvalue weighted by molar-refractivity contribution is -0.130. The van der Waals surface area contributed by atoms with E-state index in [4.69, 9.17) is 9.47 Å². The second-order valence-electron chi connectivity index (χ2n) is 5.58. The van der Waals surface area contributed by atoms with Gasteiger partial charge in [0.1, 0.15) is 6.61 Å². The van der Waals surface area contributed by atoms with Crippen molar-refractivity contribution in [1.82, 2.24) is 9.62 Å². The summed E-state index contributed by atoms with van der Waals surface area (Å²) in [5.74, 6) is 0.663. The second kappa shape index (κ2) is 6.76. The minimum absolute atomic E-state index is 0.0686. The minimum atomic E-state index is -3.29. The molecule has 1 fully saturated rings. The number of amides is 1. The fraction of sp³-hybridized carbons (Fsp3) is 0.533. The number of hydrogen-bond acceptors (Lipinski definition) is 5. The van der Waals surface area contributed by atoms with Crippen molar-refractivity contribution in [3.8, 4) is 11.5 Å². The van der Waals surface area contributed by atoms with Gasteiger partial charge in [-0.3, -0.25) is 4.79 Å². The van der Waals surface area contributed by atoms with Crippen molar-refractivity contribution in [3.63, 3.8) is 0 Å². The summed E-state index contributed by atoms with van der Waals surface area (Å²) in [4.78, 5) is 12.1. The monoisotopic (exact) mass is 340 g/mol. The normalized spacial score (nSPS) is 21.1. The molecule has 3 rings (SSSR count). The number of nitrogens with zero attached hydrogens (tertiary/aromatic N) is 1. The zero-order valence-electron chi connectivity index (χ0n) is 12.7. The lowest BCUT2D eigenvalue weighted by atomic mass is 10.2. The molecule has 23 heavy (non-hydrogen) atoms. The zero-order valence-corrected chi connectivity index (χ0v) is 13.5. The molecule has 0 radical (unpaired) electrons. The van der Waals surface area contributed by atoms with Gasteiger partial charge >= 0.3 is 0 Å². The maximum Gasteiger partial charge on any atom is 0.264 e. The van der Waals surface area contributed by atoms with E-state index < -0.39 is 16.1 Å². The topological polar surface area (TPSA) is 84.9 Å². The lowest BCUT2D eigenvalue weighted by Gasteiger charge is -2.25. The summed E-state index contributed by atoms with van der Waals surface area (Å²) in [6.07, 6.45) is 1.04. The molecule has 1 N–H and O–H groups in total. The number of rotatable bonds is 5. The maximum atomic E-state index is 12.1. The van der Waals surface area contributed by atoms with Crippen molar-refractivity contribution in [2.45, 2.75) is 18.9 Å². The van der Waals surface area contributed by atoms with Crippen LogP contribution in [0, 0.1) is 0 Å². The Labute approximate surface area is 135 Å². The number of para-hydroxylation sites is 2. The van der Waals surface area contributed by atoms with Gasteiger partial charge in [0.05, 0.1) is 5.75 Å². The molecule has 0 aromatic heterocycles. The number of carbonyl (C=O) groups excluding carboxylic acids is 1. The van der Waals surface area contributed by atoms with Crippen LogP contribution in [0.1, 0.15) is 12.8 Å². The van der Waals surface area contributed by atoms with Crippen LogP contribution < -0.4 is 14.8 Å². The third-order valence-electron chi connectivity index (χ3n) is 3.92. The van der Waals surface area contributed by atoms with Crippen molar-refractivity contribution in [3.05, 3.63) is 24.3 Å². The van der Waals surface area contributed by atoms with Crippen molar-refractivity contribution in [1.29, 1.82) is 0 Å². The smallest absolute Gasteiger partial charge is 0.264 e. The molecule has 1 amide bonds. The molecule has 8 heteroatoms. The minimum Gasteiger partial charge on any atom is -0.485 e. The summed E-state index contributed by atoms with van der Waals surface area (Å²) in [6.45, 7) is 1.33. The Hall–Kier alpha value is -1.80. The molecule has 1 aromatic rings. The van der Waals surface area contributed by atoms with E-state index >= 15 is 0 Å². The van der Waals surface area contributed by atoms with Gasteiger partial charge in [0.2, 0.25) is 16.1 Å². The van der Waals surface area contributed by atoms with E-state index in [9.17, 15) is 13.2 Å². The fourth-order valence-corrected chi connectivity index (χ4v) is 4.09. The van der Waals surface area contributed by atoms with Gasteiger partial charge in [-0.05, 0) is 25.0 Å². The first-order chi connectivity index (χ1) is 11.1. The van der Waals surface area contributed by atoms with Crippen molar-refractivity contribution < 1.29 is 22.7 Å². The maximum absolute atomic E-state index is 12.1.